The summed E-state index contributed by atoms with van der Waals surface area (Å²) in [4.78, 5) is 20.2. The van der Waals surface area contributed by atoms with Crippen molar-refractivity contribution in [1.29, 1.82) is 0 Å². The van der Waals surface area contributed by atoms with E-state index in [0.717, 1.165) is 5.56 Å². The van der Waals surface area contributed by atoms with Gasteiger partial charge in [-0.15, -0.1) is 0 Å². The van der Waals surface area contributed by atoms with Crippen molar-refractivity contribution in [3.05, 3.63) is 51.5 Å². The van der Waals surface area contributed by atoms with Gasteiger partial charge in [-0.3, -0.25) is 4.79 Å². The molecule has 5 nitrogen and oxygen atoms in total. The standard InChI is InChI=1S/C14H17ClN4O/c1-9(2)19(7-10-4-3-5-11(16)6-10)13-12(15)14(20)18-8-17-13/h3-6,8-9H,7,16H2,1-2H3,(H,17,18,20). The molecule has 1 heterocycles. The third-order valence-corrected chi connectivity index (χ3v) is 3.32. The van der Waals surface area contributed by atoms with E-state index in [1.54, 1.807) is 0 Å². The number of H-pyrrole nitrogens is 1. The van der Waals surface area contributed by atoms with Crippen LogP contribution in [0.2, 0.25) is 5.02 Å². The molecule has 0 bridgehead atoms. The van der Waals surface area contributed by atoms with Crippen LogP contribution in [-0.2, 0) is 6.54 Å². The Balaban J connectivity index is 2.37. The fourth-order valence-corrected chi connectivity index (χ4v) is 2.18. The van der Waals surface area contributed by atoms with E-state index in [-0.39, 0.29) is 16.6 Å². The lowest BCUT2D eigenvalue weighted by Gasteiger charge is -2.28. The Hall–Kier alpha value is -2.01. The van der Waals surface area contributed by atoms with Gasteiger partial charge in [-0.05, 0) is 31.5 Å². The lowest BCUT2D eigenvalue weighted by atomic mass is 10.1. The third-order valence-electron chi connectivity index (χ3n) is 2.98. The average molecular weight is 293 g/mol. The molecule has 0 amide bonds. The van der Waals surface area contributed by atoms with Gasteiger partial charge in [0.2, 0.25) is 0 Å². The highest BCUT2D eigenvalue weighted by Gasteiger charge is 2.17. The van der Waals surface area contributed by atoms with Gasteiger partial charge in [0.25, 0.3) is 5.56 Å². The molecule has 0 unspecified atom stereocenters. The van der Waals surface area contributed by atoms with Crippen molar-refractivity contribution in [3.8, 4) is 0 Å². The molecule has 0 aliphatic rings. The molecule has 0 fully saturated rings. The molecule has 0 saturated carbocycles. The summed E-state index contributed by atoms with van der Waals surface area (Å²) in [6.07, 6.45) is 1.36. The molecular weight excluding hydrogens is 276 g/mol. The summed E-state index contributed by atoms with van der Waals surface area (Å²) in [7, 11) is 0. The minimum absolute atomic E-state index is 0.102. The molecule has 106 valence electrons. The van der Waals surface area contributed by atoms with E-state index in [4.69, 9.17) is 17.3 Å². The minimum atomic E-state index is -0.338. The zero-order valence-electron chi connectivity index (χ0n) is 11.4. The summed E-state index contributed by atoms with van der Waals surface area (Å²) in [5.41, 5.74) is 7.19. The predicted octanol–water partition coefficient (Wildman–Crippen LogP) is 2.42. The number of nitrogens with two attached hydrogens (primary N) is 1. The Bertz CT molecular complexity index is 654. The number of benzene rings is 1. The SMILES string of the molecule is CC(C)N(Cc1cccc(N)c1)c1nc[nH]c(=O)c1Cl. The van der Waals surface area contributed by atoms with Crippen LogP contribution in [0.15, 0.2) is 35.4 Å². The second-order valence-electron chi connectivity index (χ2n) is 4.84. The molecule has 0 aliphatic heterocycles. The van der Waals surface area contributed by atoms with Crippen LogP contribution in [0.25, 0.3) is 0 Å². The Morgan fingerprint density at radius 2 is 2.20 bits per heavy atom. The maximum Gasteiger partial charge on any atom is 0.271 e. The molecule has 0 aliphatic carbocycles. The highest BCUT2D eigenvalue weighted by atomic mass is 35.5. The van der Waals surface area contributed by atoms with Crippen LogP contribution in [0.4, 0.5) is 11.5 Å². The van der Waals surface area contributed by atoms with E-state index >= 15 is 0 Å². The molecular formula is C14H17ClN4O. The number of halogens is 1. The van der Waals surface area contributed by atoms with E-state index in [2.05, 4.69) is 9.97 Å². The van der Waals surface area contributed by atoms with Crippen molar-refractivity contribution in [2.24, 2.45) is 0 Å². The van der Waals surface area contributed by atoms with Crippen molar-refractivity contribution in [2.45, 2.75) is 26.4 Å². The summed E-state index contributed by atoms with van der Waals surface area (Å²) >= 11 is 6.06. The average Bonchev–Trinajstić information content (AvgIpc) is 2.39. The van der Waals surface area contributed by atoms with Gasteiger partial charge in [-0.25, -0.2) is 4.98 Å². The van der Waals surface area contributed by atoms with Gasteiger partial charge in [0.05, 0.1) is 6.33 Å². The summed E-state index contributed by atoms with van der Waals surface area (Å²) in [5, 5.41) is 0.102. The fourth-order valence-electron chi connectivity index (χ4n) is 1.96. The van der Waals surface area contributed by atoms with Gasteiger partial charge in [-0.2, -0.15) is 0 Å². The van der Waals surface area contributed by atoms with Crippen molar-refractivity contribution < 1.29 is 0 Å². The molecule has 2 rings (SSSR count). The second-order valence-corrected chi connectivity index (χ2v) is 5.21. The zero-order valence-corrected chi connectivity index (χ0v) is 12.2. The molecule has 0 radical (unpaired) electrons. The minimum Gasteiger partial charge on any atom is -0.399 e. The smallest absolute Gasteiger partial charge is 0.271 e. The van der Waals surface area contributed by atoms with E-state index in [0.29, 0.717) is 18.1 Å². The number of anilines is 2. The molecule has 2 aromatic rings. The number of hydrogen-bond acceptors (Lipinski definition) is 4. The topological polar surface area (TPSA) is 75.0 Å². The Morgan fingerprint density at radius 3 is 2.85 bits per heavy atom. The maximum absolute atomic E-state index is 11.6. The first kappa shape index (κ1) is 14.4. The Kier molecular flexibility index (Phi) is 4.29. The number of nitrogen functional groups attached to an aromatic ring is 1. The molecule has 1 aromatic heterocycles. The van der Waals surface area contributed by atoms with Gasteiger partial charge in [0.15, 0.2) is 5.82 Å². The van der Waals surface area contributed by atoms with Crippen LogP contribution in [0.5, 0.6) is 0 Å². The van der Waals surface area contributed by atoms with E-state index in [1.165, 1.54) is 6.33 Å². The first-order valence-corrected chi connectivity index (χ1v) is 6.71. The highest BCUT2D eigenvalue weighted by Crippen LogP contribution is 2.23. The van der Waals surface area contributed by atoms with Crippen LogP contribution in [0, 0.1) is 0 Å². The van der Waals surface area contributed by atoms with Crippen LogP contribution in [0.3, 0.4) is 0 Å². The lowest BCUT2D eigenvalue weighted by molar-refractivity contribution is 0.670. The quantitative estimate of drug-likeness (QED) is 0.849. The van der Waals surface area contributed by atoms with Gasteiger partial charge in [0, 0.05) is 18.3 Å². The highest BCUT2D eigenvalue weighted by molar-refractivity contribution is 6.32. The Labute approximate surface area is 122 Å². The summed E-state index contributed by atoms with van der Waals surface area (Å²) in [5.74, 6) is 0.479. The summed E-state index contributed by atoms with van der Waals surface area (Å²) in [6, 6.07) is 7.75. The van der Waals surface area contributed by atoms with Gasteiger partial charge in [0.1, 0.15) is 5.02 Å². The number of hydrogen-bond donors (Lipinski definition) is 2. The normalized spacial score (nSPS) is 10.8. The van der Waals surface area contributed by atoms with Crippen LogP contribution in [0.1, 0.15) is 19.4 Å². The molecule has 0 atom stereocenters. The van der Waals surface area contributed by atoms with Gasteiger partial charge >= 0.3 is 0 Å². The molecule has 0 spiro atoms. The predicted molar refractivity (Wildman–Crippen MR) is 82.0 cm³/mol. The van der Waals surface area contributed by atoms with E-state index < -0.39 is 0 Å². The largest absolute Gasteiger partial charge is 0.399 e. The van der Waals surface area contributed by atoms with E-state index in [1.807, 2.05) is 43.0 Å². The Morgan fingerprint density at radius 1 is 1.45 bits per heavy atom. The molecule has 0 saturated heterocycles. The molecule has 1 aromatic carbocycles. The lowest BCUT2D eigenvalue weighted by Crippen LogP contribution is -2.32. The van der Waals surface area contributed by atoms with Crippen LogP contribution < -0.4 is 16.2 Å². The summed E-state index contributed by atoms with van der Waals surface area (Å²) < 4.78 is 0. The molecule has 3 N–H and O–H groups in total. The monoisotopic (exact) mass is 292 g/mol. The third kappa shape index (κ3) is 3.11. The zero-order chi connectivity index (χ0) is 14.7. The van der Waals surface area contributed by atoms with Crippen LogP contribution >= 0.6 is 11.6 Å². The van der Waals surface area contributed by atoms with Crippen molar-refractivity contribution in [3.63, 3.8) is 0 Å². The number of rotatable bonds is 4. The fraction of sp³-hybridized carbons (Fsp3) is 0.286. The maximum atomic E-state index is 11.6. The second kappa shape index (κ2) is 5.96. The van der Waals surface area contributed by atoms with Gasteiger partial charge in [-0.1, -0.05) is 23.7 Å². The van der Waals surface area contributed by atoms with Crippen LogP contribution in [-0.4, -0.2) is 16.0 Å². The van der Waals surface area contributed by atoms with Gasteiger partial charge < -0.3 is 15.6 Å². The van der Waals surface area contributed by atoms with Crippen molar-refractivity contribution in [2.75, 3.05) is 10.6 Å². The number of aromatic amines is 1. The number of nitrogens with one attached hydrogen (secondary N) is 1. The number of aromatic nitrogens is 2. The first-order valence-electron chi connectivity index (χ1n) is 6.33. The number of nitrogens with zero attached hydrogens (tertiary/aromatic N) is 2. The molecule has 20 heavy (non-hydrogen) atoms. The first-order chi connectivity index (χ1) is 9.49. The van der Waals surface area contributed by atoms with E-state index in [9.17, 15) is 4.79 Å². The molecule has 6 heteroatoms. The van der Waals surface area contributed by atoms with Crippen molar-refractivity contribution >= 4 is 23.1 Å². The summed E-state index contributed by atoms with van der Waals surface area (Å²) in [6.45, 7) is 4.62. The van der Waals surface area contributed by atoms with Crippen molar-refractivity contribution in [1.82, 2.24) is 9.97 Å².